The Balaban J connectivity index is 2.07. The lowest BCUT2D eigenvalue weighted by Crippen LogP contribution is -2.00. The van der Waals surface area contributed by atoms with E-state index in [1.165, 1.54) is 16.8 Å². The fourth-order valence-corrected chi connectivity index (χ4v) is 1.99. The maximum atomic E-state index is 4.24. The number of hydrogen-bond donors (Lipinski definition) is 1. The van der Waals surface area contributed by atoms with E-state index < -0.39 is 0 Å². The van der Waals surface area contributed by atoms with Crippen LogP contribution in [0.1, 0.15) is 16.1 Å². The van der Waals surface area contributed by atoms with Gasteiger partial charge < -0.3 is 5.32 Å². The van der Waals surface area contributed by atoms with Crippen molar-refractivity contribution >= 4 is 17.0 Å². The zero-order valence-electron chi connectivity index (χ0n) is 8.95. The van der Waals surface area contributed by atoms with Gasteiger partial charge in [-0.3, -0.25) is 0 Å². The SMILES string of the molecule is Cc1ccc(C)c(NCc2nccs2)c1. The van der Waals surface area contributed by atoms with Gasteiger partial charge in [-0.25, -0.2) is 4.98 Å². The molecule has 0 unspecified atom stereocenters. The average Bonchev–Trinajstić information content (AvgIpc) is 2.72. The molecular formula is C12H14N2S. The lowest BCUT2D eigenvalue weighted by Gasteiger charge is -2.08. The van der Waals surface area contributed by atoms with Gasteiger partial charge in [0.05, 0.1) is 6.54 Å². The number of rotatable bonds is 3. The van der Waals surface area contributed by atoms with E-state index in [2.05, 4.69) is 42.3 Å². The molecule has 1 heterocycles. The molecule has 15 heavy (non-hydrogen) atoms. The Morgan fingerprint density at radius 1 is 1.33 bits per heavy atom. The van der Waals surface area contributed by atoms with E-state index in [4.69, 9.17) is 0 Å². The third-order valence-electron chi connectivity index (χ3n) is 2.31. The Bertz CT molecular complexity index is 435. The summed E-state index contributed by atoms with van der Waals surface area (Å²) in [6, 6.07) is 6.44. The van der Waals surface area contributed by atoms with Crippen molar-refractivity contribution < 1.29 is 0 Å². The number of anilines is 1. The van der Waals surface area contributed by atoms with E-state index in [-0.39, 0.29) is 0 Å². The smallest absolute Gasteiger partial charge is 0.112 e. The van der Waals surface area contributed by atoms with Gasteiger partial charge in [-0.2, -0.15) is 0 Å². The molecule has 3 heteroatoms. The van der Waals surface area contributed by atoms with E-state index in [0.29, 0.717) is 0 Å². The number of thiazole rings is 1. The maximum absolute atomic E-state index is 4.24. The van der Waals surface area contributed by atoms with Crippen molar-refractivity contribution in [1.29, 1.82) is 0 Å². The molecule has 2 rings (SSSR count). The van der Waals surface area contributed by atoms with Gasteiger partial charge in [0.25, 0.3) is 0 Å². The molecule has 2 nitrogen and oxygen atoms in total. The number of hydrogen-bond acceptors (Lipinski definition) is 3. The topological polar surface area (TPSA) is 24.9 Å². The third kappa shape index (κ3) is 2.57. The molecule has 1 aromatic heterocycles. The summed E-state index contributed by atoms with van der Waals surface area (Å²) in [6.07, 6.45) is 1.84. The van der Waals surface area contributed by atoms with Crippen LogP contribution in [0.2, 0.25) is 0 Å². The van der Waals surface area contributed by atoms with Crippen molar-refractivity contribution in [3.05, 3.63) is 45.9 Å². The first-order valence-electron chi connectivity index (χ1n) is 4.95. The van der Waals surface area contributed by atoms with E-state index in [1.54, 1.807) is 11.3 Å². The van der Waals surface area contributed by atoms with E-state index in [9.17, 15) is 0 Å². The Labute approximate surface area is 94.0 Å². The molecule has 0 spiro atoms. The molecule has 0 aliphatic carbocycles. The van der Waals surface area contributed by atoms with Crippen molar-refractivity contribution in [2.24, 2.45) is 0 Å². The summed E-state index contributed by atoms with van der Waals surface area (Å²) in [5, 5.41) is 6.53. The van der Waals surface area contributed by atoms with Crippen LogP contribution in [-0.2, 0) is 6.54 Å². The van der Waals surface area contributed by atoms with Crippen LogP contribution >= 0.6 is 11.3 Å². The molecule has 1 N–H and O–H groups in total. The number of aryl methyl sites for hydroxylation is 2. The summed E-state index contributed by atoms with van der Waals surface area (Å²) in [5.41, 5.74) is 3.75. The van der Waals surface area contributed by atoms with Crippen LogP contribution in [0.25, 0.3) is 0 Å². The zero-order valence-corrected chi connectivity index (χ0v) is 9.77. The first-order chi connectivity index (χ1) is 7.25. The third-order valence-corrected chi connectivity index (χ3v) is 3.09. The highest BCUT2D eigenvalue weighted by Crippen LogP contribution is 2.17. The molecule has 0 aliphatic rings. The summed E-state index contributed by atoms with van der Waals surface area (Å²) >= 11 is 1.68. The minimum absolute atomic E-state index is 0.808. The van der Waals surface area contributed by atoms with Gasteiger partial charge in [0.2, 0.25) is 0 Å². The fourth-order valence-electron chi connectivity index (χ4n) is 1.44. The van der Waals surface area contributed by atoms with Crippen molar-refractivity contribution in [2.45, 2.75) is 20.4 Å². The van der Waals surface area contributed by atoms with Crippen LogP contribution in [0, 0.1) is 13.8 Å². The van der Waals surface area contributed by atoms with Crippen LogP contribution in [0.5, 0.6) is 0 Å². The largest absolute Gasteiger partial charge is 0.378 e. The molecule has 0 saturated heterocycles. The maximum Gasteiger partial charge on any atom is 0.112 e. The first kappa shape index (κ1) is 10.2. The molecule has 0 saturated carbocycles. The summed E-state index contributed by atoms with van der Waals surface area (Å²) in [5.74, 6) is 0. The normalized spacial score (nSPS) is 10.3. The summed E-state index contributed by atoms with van der Waals surface area (Å²) in [6.45, 7) is 5.03. The number of nitrogens with zero attached hydrogens (tertiary/aromatic N) is 1. The van der Waals surface area contributed by atoms with Crippen LogP contribution in [0.15, 0.2) is 29.8 Å². The van der Waals surface area contributed by atoms with Gasteiger partial charge in [0, 0.05) is 17.3 Å². The molecule has 78 valence electrons. The quantitative estimate of drug-likeness (QED) is 0.854. The molecule has 0 fully saturated rings. The second-order valence-electron chi connectivity index (χ2n) is 3.60. The lowest BCUT2D eigenvalue weighted by atomic mass is 10.1. The van der Waals surface area contributed by atoms with Crippen molar-refractivity contribution in [3.8, 4) is 0 Å². The predicted molar refractivity (Wildman–Crippen MR) is 65.4 cm³/mol. The molecule has 0 atom stereocenters. The number of aromatic nitrogens is 1. The number of benzene rings is 1. The van der Waals surface area contributed by atoms with Crippen molar-refractivity contribution in [2.75, 3.05) is 5.32 Å². The number of nitrogens with one attached hydrogen (secondary N) is 1. The minimum Gasteiger partial charge on any atom is -0.378 e. The molecule has 1 aromatic carbocycles. The highest BCUT2D eigenvalue weighted by atomic mass is 32.1. The highest BCUT2D eigenvalue weighted by molar-refractivity contribution is 7.09. The van der Waals surface area contributed by atoms with Gasteiger partial charge in [0.1, 0.15) is 5.01 Å². The summed E-state index contributed by atoms with van der Waals surface area (Å²) in [4.78, 5) is 4.24. The van der Waals surface area contributed by atoms with Gasteiger partial charge in [-0.05, 0) is 31.0 Å². The van der Waals surface area contributed by atoms with Crippen LogP contribution in [0.3, 0.4) is 0 Å². The van der Waals surface area contributed by atoms with E-state index >= 15 is 0 Å². The van der Waals surface area contributed by atoms with Gasteiger partial charge >= 0.3 is 0 Å². The minimum atomic E-state index is 0.808. The Kier molecular flexibility index (Phi) is 3.02. The Hall–Kier alpha value is -1.35. The molecule has 0 radical (unpaired) electrons. The monoisotopic (exact) mass is 218 g/mol. The fraction of sp³-hybridized carbons (Fsp3) is 0.250. The van der Waals surface area contributed by atoms with Crippen LogP contribution in [-0.4, -0.2) is 4.98 Å². The van der Waals surface area contributed by atoms with Gasteiger partial charge in [-0.15, -0.1) is 11.3 Å². The second kappa shape index (κ2) is 4.45. The molecule has 0 amide bonds. The van der Waals surface area contributed by atoms with Crippen LogP contribution in [0.4, 0.5) is 5.69 Å². The lowest BCUT2D eigenvalue weighted by molar-refractivity contribution is 1.10. The molecule has 2 aromatic rings. The molecule has 0 bridgehead atoms. The molecular weight excluding hydrogens is 204 g/mol. The second-order valence-corrected chi connectivity index (χ2v) is 4.58. The summed E-state index contributed by atoms with van der Waals surface area (Å²) in [7, 11) is 0. The molecule has 0 aliphatic heterocycles. The van der Waals surface area contributed by atoms with Crippen molar-refractivity contribution in [3.63, 3.8) is 0 Å². The van der Waals surface area contributed by atoms with Crippen LogP contribution < -0.4 is 5.32 Å². The van der Waals surface area contributed by atoms with Crippen molar-refractivity contribution in [1.82, 2.24) is 4.98 Å². The predicted octanol–water partition coefficient (Wildman–Crippen LogP) is 3.37. The summed E-state index contributed by atoms with van der Waals surface area (Å²) < 4.78 is 0. The first-order valence-corrected chi connectivity index (χ1v) is 5.83. The Morgan fingerprint density at radius 2 is 2.20 bits per heavy atom. The van der Waals surface area contributed by atoms with E-state index in [1.807, 2.05) is 11.6 Å². The Morgan fingerprint density at radius 3 is 2.93 bits per heavy atom. The highest BCUT2D eigenvalue weighted by Gasteiger charge is 1.99. The van der Waals surface area contributed by atoms with E-state index in [0.717, 1.165) is 11.6 Å². The standard InChI is InChI=1S/C12H14N2S/c1-9-3-4-10(2)11(7-9)14-8-12-13-5-6-15-12/h3-7,14H,8H2,1-2H3. The van der Waals surface area contributed by atoms with Gasteiger partial charge in [-0.1, -0.05) is 12.1 Å². The average molecular weight is 218 g/mol. The van der Waals surface area contributed by atoms with Gasteiger partial charge in [0.15, 0.2) is 0 Å². The zero-order chi connectivity index (χ0) is 10.7.